The molecule has 0 amide bonds. The Kier molecular flexibility index (Phi) is 2.99. The van der Waals surface area contributed by atoms with Crippen LogP contribution in [0.5, 0.6) is 0 Å². The third-order valence-electron chi connectivity index (χ3n) is 4.99. The van der Waals surface area contributed by atoms with Crippen molar-refractivity contribution in [3.63, 3.8) is 0 Å². The van der Waals surface area contributed by atoms with Crippen LogP contribution in [0.2, 0.25) is 0 Å². The van der Waals surface area contributed by atoms with Gasteiger partial charge in [0.1, 0.15) is 0 Å². The summed E-state index contributed by atoms with van der Waals surface area (Å²) in [6.45, 7) is 8.76. The van der Waals surface area contributed by atoms with Gasteiger partial charge in [0.15, 0.2) is 0 Å². The zero-order chi connectivity index (χ0) is 11.0. The fourth-order valence-electron chi connectivity index (χ4n) is 3.26. The summed E-state index contributed by atoms with van der Waals surface area (Å²) in [4.78, 5) is 0. The summed E-state index contributed by atoms with van der Waals surface area (Å²) in [5, 5.41) is 0. The highest BCUT2D eigenvalue weighted by Gasteiger charge is 2.54. The second-order valence-electron chi connectivity index (χ2n) is 5.46. The molecular formula is C12H26N2. The van der Waals surface area contributed by atoms with Gasteiger partial charge in [-0.2, -0.15) is 0 Å². The Hall–Kier alpha value is -0.0800. The molecule has 0 spiro atoms. The normalized spacial score (nSPS) is 42.4. The lowest BCUT2D eigenvalue weighted by Crippen LogP contribution is -2.72. The van der Waals surface area contributed by atoms with Gasteiger partial charge in [-0.15, -0.1) is 0 Å². The number of hydrogen-bond acceptors (Lipinski definition) is 2. The molecule has 2 nitrogen and oxygen atoms in total. The molecule has 14 heavy (non-hydrogen) atoms. The maximum absolute atomic E-state index is 6.53. The Labute approximate surface area is 88.4 Å². The first-order valence-electron chi connectivity index (χ1n) is 5.91. The van der Waals surface area contributed by atoms with E-state index in [9.17, 15) is 0 Å². The summed E-state index contributed by atoms with van der Waals surface area (Å²) in [5.74, 6) is 0. The second kappa shape index (κ2) is 3.49. The Balaban J connectivity index is 3.07. The molecule has 1 rings (SSSR count). The van der Waals surface area contributed by atoms with E-state index >= 15 is 0 Å². The van der Waals surface area contributed by atoms with E-state index in [0.29, 0.717) is 0 Å². The van der Waals surface area contributed by atoms with Crippen molar-refractivity contribution in [2.75, 3.05) is 0 Å². The standard InChI is InChI=1S/C12H26N2/c1-5-12(6-2)9-7-8-10(3,13)11(12,4)14/h5-9,13-14H2,1-4H3. The highest BCUT2D eigenvalue weighted by Crippen LogP contribution is 2.50. The number of hydrogen-bond donors (Lipinski definition) is 2. The molecule has 2 unspecified atom stereocenters. The Bertz CT molecular complexity index is 202. The molecule has 0 aromatic rings. The summed E-state index contributed by atoms with van der Waals surface area (Å²) in [5.41, 5.74) is 12.7. The fourth-order valence-corrected chi connectivity index (χ4v) is 3.26. The molecule has 0 bridgehead atoms. The molecular weight excluding hydrogens is 172 g/mol. The first kappa shape index (κ1) is 12.0. The minimum absolute atomic E-state index is 0.211. The molecule has 0 saturated heterocycles. The van der Waals surface area contributed by atoms with Gasteiger partial charge >= 0.3 is 0 Å². The summed E-state index contributed by atoms with van der Waals surface area (Å²) in [6, 6.07) is 0. The van der Waals surface area contributed by atoms with Crippen molar-refractivity contribution >= 4 is 0 Å². The zero-order valence-corrected chi connectivity index (χ0v) is 10.2. The van der Waals surface area contributed by atoms with E-state index in [1.807, 2.05) is 0 Å². The first-order chi connectivity index (χ1) is 6.33. The summed E-state index contributed by atoms with van der Waals surface area (Å²) in [7, 11) is 0. The molecule has 0 aromatic carbocycles. The highest BCUT2D eigenvalue weighted by atomic mass is 14.9. The van der Waals surface area contributed by atoms with E-state index < -0.39 is 0 Å². The van der Waals surface area contributed by atoms with Crippen molar-refractivity contribution in [3.05, 3.63) is 0 Å². The maximum atomic E-state index is 6.53. The van der Waals surface area contributed by atoms with Gasteiger partial charge in [0.25, 0.3) is 0 Å². The fraction of sp³-hybridized carbons (Fsp3) is 1.00. The van der Waals surface area contributed by atoms with Crippen LogP contribution in [-0.2, 0) is 0 Å². The van der Waals surface area contributed by atoms with Crippen LogP contribution in [0.1, 0.15) is 59.8 Å². The molecule has 0 heterocycles. The van der Waals surface area contributed by atoms with Crippen LogP contribution >= 0.6 is 0 Å². The average Bonchev–Trinajstić information content (AvgIpc) is 2.10. The van der Waals surface area contributed by atoms with Gasteiger partial charge < -0.3 is 11.5 Å². The maximum Gasteiger partial charge on any atom is 0.0362 e. The van der Waals surface area contributed by atoms with Crippen LogP contribution in [0.3, 0.4) is 0 Å². The number of nitrogens with two attached hydrogens (primary N) is 2. The molecule has 0 radical (unpaired) electrons. The smallest absolute Gasteiger partial charge is 0.0362 e. The van der Waals surface area contributed by atoms with Crippen molar-refractivity contribution in [3.8, 4) is 0 Å². The van der Waals surface area contributed by atoms with Gasteiger partial charge in [-0.25, -0.2) is 0 Å². The molecule has 0 aliphatic heterocycles. The lowest BCUT2D eigenvalue weighted by Gasteiger charge is -2.58. The van der Waals surface area contributed by atoms with E-state index in [-0.39, 0.29) is 16.5 Å². The Morgan fingerprint density at radius 3 is 1.86 bits per heavy atom. The third-order valence-corrected chi connectivity index (χ3v) is 4.99. The van der Waals surface area contributed by atoms with Crippen molar-refractivity contribution in [1.82, 2.24) is 0 Å². The molecule has 4 N–H and O–H groups in total. The van der Waals surface area contributed by atoms with Crippen LogP contribution in [0.4, 0.5) is 0 Å². The van der Waals surface area contributed by atoms with E-state index in [1.54, 1.807) is 0 Å². The average molecular weight is 198 g/mol. The summed E-state index contributed by atoms with van der Waals surface area (Å²) < 4.78 is 0. The van der Waals surface area contributed by atoms with E-state index in [2.05, 4.69) is 27.7 Å². The minimum Gasteiger partial charge on any atom is -0.324 e. The van der Waals surface area contributed by atoms with Crippen LogP contribution in [0, 0.1) is 5.41 Å². The van der Waals surface area contributed by atoms with Crippen molar-refractivity contribution in [2.45, 2.75) is 70.9 Å². The Morgan fingerprint density at radius 1 is 1.00 bits per heavy atom. The van der Waals surface area contributed by atoms with Gasteiger partial charge in [-0.3, -0.25) is 0 Å². The molecule has 2 heteroatoms. The van der Waals surface area contributed by atoms with E-state index in [0.717, 1.165) is 19.3 Å². The summed E-state index contributed by atoms with van der Waals surface area (Å²) in [6.07, 6.45) is 5.80. The van der Waals surface area contributed by atoms with Gasteiger partial charge in [0.2, 0.25) is 0 Å². The lowest BCUT2D eigenvalue weighted by molar-refractivity contribution is 0.00455. The number of rotatable bonds is 2. The molecule has 1 aliphatic rings. The molecule has 1 saturated carbocycles. The van der Waals surface area contributed by atoms with E-state index in [1.165, 1.54) is 12.8 Å². The topological polar surface area (TPSA) is 52.0 Å². The molecule has 1 fully saturated rings. The summed E-state index contributed by atoms with van der Waals surface area (Å²) >= 11 is 0. The van der Waals surface area contributed by atoms with Gasteiger partial charge in [0, 0.05) is 11.1 Å². The minimum atomic E-state index is -0.234. The largest absolute Gasteiger partial charge is 0.324 e. The lowest BCUT2D eigenvalue weighted by atomic mass is 9.53. The van der Waals surface area contributed by atoms with Crippen LogP contribution in [0.25, 0.3) is 0 Å². The third kappa shape index (κ3) is 1.40. The van der Waals surface area contributed by atoms with Crippen LogP contribution in [0.15, 0.2) is 0 Å². The van der Waals surface area contributed by atoms with Gasteiger partial charge in [0.05, 0.1) is 0 Å². The molecule has 84 valence electrons. The van der Waals surface area contributed by atoms with Crippen LogP contribution < -0.4 is 11.5 Å². The molecule has 0 aromatic heterocycles. The molecule has 2 atom stereocenters. The highest BCUT2D eigenvalue weighted by molar-refractivity contribution is 5.14. The van der Waals surface area contributed by atoms with E-state index in [4.69, 9.17) is 11.5 Å². The predicted octanol–water partition coefficient (Wildman–Crippen LogP) is 2.41. The monoisotopic (exact) mass is 198 g/mol. The second-order valence-corrected chi connectivity index (χ2v) is 5.46. The van der Waals surface area contributed by atoms with Crippen molar-refractivity contribution in [1.29, 1.82) is 0 Å². The zero-order valence-electron chi connectivity index (χ0n) is 10.2. The SMILES string of the molecule is CCC1(CC)CCCC(C)(N)C1(C)N. The van der Waals surface area contributed by atoms with Crippen molar-refractivity contribution < 1.29 is 0 Å². The van der Waals surface area contributed by atoms with Crippen LogP contribution in [-0.4, -0.2) is 11.1 Å². The predicted molar refractivity (Wildman–Crippen MR) is 62.1 cm³/mol. The van der Waals surface area contributed by atoms with Gasteiger partial charge in [-0.1, -0.05) is 20.3 Å². The van der Waals surface area contributed by atoms with Gasteiger partial charge in [-0.05, 0) is 44.9 Å². The van der Waals surface area contributed by atoms with Crippen molar-refractivity contribution in [2.24, 2.45) is 16.9 Å². The quantitative estimate of drug-likeness (QED) is 0.716. The Morgan fingerprint density at radius 2 is 1.50 bits per heavy atom. The first-order valence-corrected chi connectivity index (χ1v) is 5.91. The molecule has 1 aliphatic carbocycles.